The van der Waals surface area contributed by atoms with Crippen LogP contribution < -0.4 is 9.47 Å². The summed E-state index contributed by atoms with van der Waals surface area (Å²) in [7, 11) is 3.21. The summed E-state index contributed by atoms with van der Waals surface area (Å²) in [6.07, 6.45) is 0. The van der Waals surface area contributed by atoms with Crippen LogP contribution in [0.25, 0.3) is 22.8 Å². The molecule has 0 bridgehead atoms. The van der Waals surface area contributed by atoms with Gasteiger partial charge in [-0.05, 0) is 24.3 Å². The van der Waals surface area contributed by atoms with Gasteiger partial charge in [-0.3, -0.25) is 5.10 Å². The Bertz CT molecular complexity index is 1040. The second-order valence-electron chi connectivity index (χ2n) is 5.72. The lowest BCUT2D eigenvalue weighted by molar-refractivity contribution is 0.394. The predicted octanol–water partition coefficient (Wildman–Crippen LogP) is 3.83. The molecule has 2 heterocycles. The number of H-pyrrole nitrogens is 1. The Balaban J connectivity index is 1.45. The summed E-state index contributed by atoms with van der Waals surface area (Å²) in [6.45, 7) is 0. The van der Waals surface area contributed by atoms with Crippen molar-refractivity contribution >= 4 is 11.8 Å². The van der Waals surface area contributed by atoms with Gasteiger partial charge in [-0.2, -0.15) is 0 Å². The molecule has 28 heavy (non-hydrogen) atoms. The summed E-state index contributed by atoms with van der Waals surface area (Å²) < 4.78 is 16.3. The van der Waals surface area contributed by atoms with Crippen molar-refractivity contribution < 1.29 is 13.9 Å². The smallest absolute Gasteiger partial charge is 0.247 e. The van der Waals surface area contributed by atoms with Crippen LogP contribution in [0.3, 0.4) is 0 Å². The van der Waals surface area contributed by atoms with Crippen LogP contribution >= 0.6 is 11.8 Å². The Morgan fingerprint density at radius 3 is 2.43 bits per heavy atom. The maximum atomic E-state index is 5.70. The van der Waals surface area contributed by atoms with E-state index in [0.29, 0.717) is 40.0 Å². The maximum absolute atomic E-state index is 5.70. The number of hydrogen-bond donors (Lipinski definition) is 1. The van der Waals surface area contributed by atoms with Crippen LogP contribution in [0.4, 0.5) is 0 Å². The maximum Gasteiger partial charge on any atom is 0.247 e. The Labute approximate surface area is 165 Å². The molecule has 0 atom stereocenters. The van der Waals surface area contributed by atoms with Crippen LogP contribution in [0.1, 0.15) is 5.89 Å². The topological polar surface area (TPSA) is 99.0 Å². The molecular formula is C19H17N5O3S. The van der Waals surface area contributed by atoms with Gasteiger partial charge in [0.05, 0.1) is 20.0 Å². The van der Waals surface area contributed by atoms with Crippen molar-refractivity contribution in [2.75, 3.05) is 14.2 Å². The minimum atomic E-state index is 0.471. The van der Waals surface area contributed by atoms with Gasteiger partial charge in [-0.1, -0.05) is 30.0 Å². The number of benzene rings is 2. The fourth-order valence-corrected chi connectivity index (χ4v) is 3.16. The van der Waals surface area contributed by atoms with E-state index in [1.807, 2.05) is 42.5 Å². The molecule has 0 fully saturated rings. The Morgan fingerprint density at radius 1 is 0.964 bits per heavy atom. The third-order valence-electron chi connectivity index (χ3n) is 3.90. The minimum absolute atomic E-state index is 0.471. The fourth-order valence-electron chi connectivity index (χ4n) is 2.52. The van der Waals surface area contributed by atoms with E-state index in [1.54, 1.807) is 20.3 Å². The highest BCUT2D eigenvalue weighted by atomic mass is 32.2. The lowest BCUT2D eigenvalue weighted by Crippen LogP contribution is -1.89. The molecule has 2 aromatic heterocycles. The van der Waals surface area contributed by atoms with Gasteiger partial charge in [0.2, 0.25) is 16.9 Å². The molecule has 1 N–H and O–H groups in total. The van der Waals surface area contributed by atoms with E-state index in [0.717, 1.165) is 11.1 Å². The quantitative estimate of drug-likeness (QED) is 0.471. The molecule has 0 amide bonds. The Kier molecular flexibility index (Phi) is 5.24. The summed E-state index contributed by atoms with van der Waals surface area (Å²) in [6, 6.07) is 15.2. The van der Waals surface area contributed by atoms with Gasteiger partial charge in [0.25, 0.3) is 0 Å². The van der Waals surface area contributed by atoms with E-state index >= 15 is 0 Å². The number of nitrogens with one attached hydrogen (secondary N) is 1. The minimum Gasteiger partial charge on any atom is -0.497 e. The molecule has 0 unspecified atom stereocenters. The van der Waals surface area contributed by atoms with Crippen LogP contribution in [0.15, 0.2) is 58.1 Å². The number of ether oxygens (including phenoxy) is 2. The van der Waals surface area contributed by atoms with Crippen molar-refractivity contribution in [3.05, 3.63) is 54.4 Å². The fraction of sp³-hybridized carbons (Fsp3) is 0.158. The number of aromatic amines is 1. The van der Waals surface area contributed by atoms with Crippen molar-refractivity contribution in [2.45, 2.75) is 10.9 Å². The van der Waals surface area contributed by atoms with Gasteiger partial charge in [-0.25, -0.2) is 4.98 Å². The summed E-state index contributed by atoms with van der Waals surface area (Å²) in [5.74, 6) is 3.46. The predicted molar refractivity (Wildman–Crippen MR) is 104 cm³/mol. The molecule has 0 aliphatic carbocycles. The first-order chi connectivity index (χ1) is 13.7. The first kappa shape index (κ1) is 18.1. The number of rotatable bonds is 7. The molecule has 0 spiro atoms. The highest BCUT2D eigenvalue weighted by Gasteiger charge is 2.12. The summed E-state index contributed by atoms with van der Waals surface area (Å²) in [5.41, 5.74) is 1.71. The average Bonchev–Trinajstić information content (AvgIpc) is 3.42. The zero-order valence-corrected chi connectivity index (χ0v) is 16.1. The van der Waals surface area contributed by atoms with Gasteiger partial charge in [0.15, 0.2) is 5.82 Å². The average molecular weight is 395 g/mol. The van der Waals surface area contributed by atoms with Crippen LogP contribution in [0.5, 0.6) is 11.5 Å². The van der Waals surface area contributed by atoms with E-state index in [4.69, 9.17) is 13.9 Å². The third kappa shape index (κ3) is 3.99. The summed E-state index contributed by atoms with van der Waals surface area (Å²) in [5, 5.41) is 15.9. The number of hydrogen-bond acceptors (Lipinski definition) is 8. The number of nitrogens with zero attached hydrogens (tertiary/aromatic N) is 4. The molecule has 0 saturated heterocycles. The van der Waals surface area contributed by atoms with Crippen LogP contribution in [-0.2, 0) is 5.75 Å². The van der Waals surface area contributed by atoms with Gasteiger partial charge < -0.3 is 13.9 Å². The monoisotopic (exact) mass is 395 g/mol. The van der Waals surface area contributed by atoms with Crippen molar-refractivity contribution in [1.29, 1.82) is 0 Å². The van der Waals surface area contributed by atoms with Crippen LogP contribution in [0.2, 0.25) is 0 Å². The molecule has 4 rings (SSSR count). The molecule has 0 aliphatic heterocycles. The standard InChI is InChI=1S/C19H17N5O3S/c1-25-14-8-13(9-15(10-14)26-2)17-20-19(24-22-17)28-11-16-21-23-18(27-16)12-6-4-3-5-7-12/h3-10H,11H2,1-2H3,(H,20,22,24). The molecule has 142 valence electrons. The largest absolute Gasteiger partial charge is 0.497 e. The summed E-state index contributed by atoms with van der Waals surface area (Å²) in [4.78, 5) is 4.51. The van der Waals surface area contributed by atoms with Gasteiger partial charge in [0.1, 0.15) is 11.5 Å². The molecular weight excluding hydrogens is 378 g/mol. The van der Waals surface area contributed by atoms with Crippen molar-refractivity contribution in [2.24, 2.45) is 0 Å². The number of aromatic nitrogens is 5. The Hall–Kier alpha value is -3.33. The SMILES string of the molecule is COc1cc(OC)cc(-c2nc(SCc3nnc(-c4ccccc4)o3)n[nH]2)c1. The third-order valence-corrected chi connectivity index (χ3v) is 4.73. The van der Waals surface area contributed by atoms with Crippen molar-refractivity contribution in [1.82, 2.24) is 25.4 Å². The van der Waals surface area contributed by atoms with Gasteiger partial charge in [-0.15, -0.1) is 15.3 Å². The normalized spacial score (nSPS) is 10.8. The number of thioether (sulfide) groups is 1. The first-order valence-corrected chi connectivity index (χ1v) is 9.40. The molecule has 0 radical (unpaired) electrons. The van der Waals surface area contributed by atoms with E-state index < -0.39 is 0 Å². The molecule has 8 nitrogen and oxygen atoms in total. The first-order valence-electron chi connectivity index (χ1n) is 8.41. The lowest BCUT2D eigenvalue weighted by atomic mass is 10.2. The molecule has 9 heteroatoms. The van der Waals surface area contributed by atoms with Crippen LogP contribution in [-0.4, -0.2) is 39.6 Å². The Morgan fingerprint density at radius 2 is 1.71 bits per heavy atom. The van der Waals surface area contributed by atoms with E-state index in [-0.39, 0.29) is 0 Å². The second kappa shape index (κ2) is 8.13. The van der Waals surface area contributed by atoms with Gasteiger partial charge >= 0.3 is 0 Å². The number of methoxy groups -OCH3 is 2. The molecule has 0 saturated carbocycles. The second-order valence-corrected chi connectivity index (χ2v) is 6.67. The van der Waals surface area contributed by atoms with Crippen molar-refractivity contribution in [3.63, 3.8) is 0 Å². The molecule has 0 aliphatic rings. The highest BCUT2D eigenvalue weighted by Crippen LogP contribution is 2.29. The zero-order chi connectivity index (χ0) is 19.3. The molecule has 4 aromatic rings. The van der Waals surface area contributed by atoms with E-state index in [2.05, 4.69) is 25.4 Å². The lowest BCUT2D eigenvalue weighted by Gasteiger charge is -2.06. The van der Waals surface area contributed by atoms with Gasteiger partial charge in [0, 0.05) is 17.2 Å². The van der Waals surface area contributed by atoms with E-state index in [1.165, 1.54) is 11.8 Å². The summed E-state index contributed by atoms with van der Waals surface area (Å²) >= 11 is 1.41. The van der Waals surface area contributed by atoms with E-state index in [9.17, 15) is 0 Å². The van der Waals surface area contributed by atoms with Crippen molar-refractivity contribution in [3.8, 4) is 34.3 Å². The zero-order valence-electron chi connectivity index (χ0n) is 15.2. The van der Waals surface area contributed by atoms with Crippen LogP contribution in [0, 0.1) is 0 Å². The molecule has 2 aromatic carbocycles. The highest BCUT2D eigenvalue weighted by molar-refractivity contribution is 7.98.